The molecule has 0 aromatic carbocycles. The van der Waals surface area contributed by atoms with Crippen LogP contribution in [0.5, 0.6) is 0 Å². The van der Waals surface area contributed by atoms with Crippen molar-refractivity contribution in [1.82, 2.24) is 4.90 Å². The van der Waals surface area contributed by atoms with Crippen molar-refractivity contribution in [2.24, 2.45) is 5.92 Å². The second-order valence-corrected chi connectivity index (χ2v) is 5.81. The lowest BCUT2D eigenvalue weighted by atomic mass is 10.1. The lowest BCUT2D eigenvalue weighted by Gasteiger charge is -2.19. The van der Waals surface area contributed by atoms with Crippen LogP contribution in [0.15, 0.2) is 0 Å². The summed E-state index contributed by atoms with van der Waals surface area (Å²) in [6, 6.07) is 0. The molecule has 4 heteroatoms. The molecule has 0 aliphatic heterocycles. The highest BCUT2D eigenvalue weighted by Crippen LogP contribution is 2.26. The van der Waals surface area contributed by atoms with E-state index in [0.717, 1.165) is 38.5 Å². The fourth-order valence-electron chi connectivity index (χ4n) is 2.69. The summed E-state index contributed by atoms with van der Waals surface area (Å²) in [4.78, 5) is 25.2. The lowest BCUT2D eigenvalue weighted by molar-refractivity contribution is -0.149. The Morgan fingerprint density at radius 3 is 2.40 bits per heavy atom. The molecular formula is C16H29NO3. The smallest absolute Gasteiger partial charge is 0.325 e. The molecule has 1 fully saturated rings. The van der Waals surface area contributed by atoms with Crippen LogP contribution in [-0.2, 0) is 14.3 Å². The Bertz CT molecular complexity index is 298. The topological polar surface area (TPSA) is 46.6 Å². The average molecular weight is 283 g/mol. The van der Waals surface area contributed by atoms with Gasteiger partial charge in [0.15, 0.2) is 0 Å². The molecule has 0 aromatic rings. The van der Waals surface area contributed by atoms with Crippen molar-refractivity contribution in [2.45, 2.75) is 64.7 Å². The number of amides is 1. The first-order valence-corrected chi connectivity index (χ1v) is 8.05. The molecule has 116 valence electrons. The Labute approximate surface area is 122 Å². The number of carbonyl (C=O) groups is 2. The third-order valence-electron chi connectivity index (χ3n) is 3.96. The summed E-state index contributed by atoms with van der Waals surface area (Å²) in [7, 11) is 1.70. The van der Waals surface area contributed by atoms with Gasteiger partial charge in [0.25, 0.3) is 0 Å². The normalized spacial score (nSPS) is 15.3. The van der Waals surface area contributed by atoms with Crippen molar-refractivity contribution in [2.75, 3.05) is 20.2 Å². The maximum Gasteiger partial charge on any atom is 0.325 e. The van der Waals surface area contributed by atoms with E-state index in [4.69, 9.17) is 4.74 Å². The molecule has 0 aromatic heterocycles. The monoisotopic (exact) mass is 283 g/mol. The van der Waals surface area contributed by atoms with E-state index in [2.05, 4.69) is 6.92 Å². The molecule has 0 N–H and O–H groups in total. The predicted octanol–water partition coefficient (Wildman–Crippen LogP) is 3.15. The van der Waals surface area contributed by atoms with Gasteiger partial charge in [0.2, 0.25) is 5.91 Å². The van der Waals surface area contributed by atoms with Crippen LogP contribution in [-0.4, -0.2) is 37.0 Å². The van der Waals surface area contributed by atoms with Crippen molar-refractivity contribution in [3.05, 3.63) is 0 Å². The first kappa shape index (κ1) is 17.0. The van der Waals surface area contributed by atoms with Gasteiger partial charge in [-0.15, -0.1) is 0 Å². The minimum absolute atomic E-state index is 0.0876. The van der Waals surface area contributed by atoms with Gasteiger partial charge in [0.1, 0.15) is 6.54 Å². The van der Waals surface area contributed by atoms with Crippen LogP contribution in [0.25, 0.3) is 0 Å². The van der Waals surface area contributed by atoms with E-state index in [1.54, 1.807) is 7.05 Å². The van der Waals surface area contributed by atoms with Crippen molar-refractivity contribution >= 4 is 11.9 Å². The van der Waals surface area contributed by atoms with E-state index < -0.39 is 0 Å². The van der Waals surface area contributed by atoms with Gasteiger partial charge < -0.3 is 9.64 Å². The molecule has 20 heavy (non-hydrogen) atoms. The number of ether oxygens (including phenoxy) is 1. The summed E-state index contributed by atoms with van der Waals surface area (Å²) in [6.45, 7) is 2.75. The average Bonchev–Trinajstić information content (AvgIpc) is 2.95. The number of unbranched alkanes of at least 4 members (excludes halogenated alkanes) is 4. The third-order valence-corrected chi connectivity index (χ3v) is 3.96. The molecular weight excluding hydrogens is 254 g/mol. The van der Waals surface area contributed by atoms with Crippen LogP contribution in [0, 0.1) is 5.92 Å². The molecule has 0 saturated heterocycles. The van der Waals surface area contributed by atoms with Crippen molar-refractivity contribution in [3.8, 4) is 0 Å². The van der Waals surface area contributed by atoms with Gasteiger partial charge in [-0.2, -0.15) is 0 Å². The highest BCUT2D eigenvalue weighted by molar-refractivity contribution is 5.83. The fourth-order valence-corrected chi connectivity index (χ4v) is 2.69. The van der Waals surface area contributed by atoms with E-state index >= 15 is 0 Å². The van der Waals surface area contributed by atoms with Gasteiger partial charge in [-0.25, -0.2) is 0 Å². The van der Waals surface area contributed by atoms with Crippen molar-refractivity contribution in [1.29, 1.82) is 0 Å². The Balaban J connectivity index is 2.09. The predicted molar refractivity (Wildman–Crippen MR) is 79.3 cm³/mol. The van der Waals surface area contributed by atoms with E-state index in [9.17, 15) is 9.59 Å². The number of carbonyl (C=O) groups excluding carboxylic acids is 2. The molecule has 0 unspecified atom stereocenters. The largest absolute Gasteiger partial charge is 0.464 e. The van der Waals surface area contributed by atoms with Gasteiger partial charge in [0.05, 0.1) is 6.61 Å². The second-order valence-electron chi connectivity index (χ2n) is 5.81. The lowest BCUT2D eigenvalue weighted by Crippen LogP contribution is -2.36. The van der Waals surface area contributed by atoms with E-state index in [1.807, 2.05) is 0 Å². The third kappa shape index (κ3) is 6.40. The molecule has 1 saturated carbocycles. The van der Waals surface area contributed by atoms with Gasteiger partial charge in [0, 0.05) is 13.0 Å². The number of likely N-dealkylation sites (N-methyl/N-ethyl adjacent to an activating group) is 1. The van der Waals surface area contributed by atoms with Crippen LogP contribution in [0.1, 0.15) is 64.7 Å². The zero-order chi connectivity index (χ0) is 14.8. The van der Waals surface area contributed by atoms with Gasteiger partial charge >= 0.3 is 5.97 Å². The summed E-state index contributed by atoms with van der Waals surface area (Å²) in [6.07, 6.45) is 9.89. The summed E-state index contributed by atoms with van der Waals surface area (Å²) in [5.74, 6) is -0.0569. The minimum atomic E-state index is -0.283. The number of esters is 1. The zero-order valence-corrected chi connectivity index (χ0v) is 13.0. The number of rotatable bonds is 9. The van der Waals surface area contributed by atoms with Gasteiger partial charge in [-0.1, -0.05) is 45.4 Å². The Morgan fingerprint density at radius 1 is 1.10 bits per heavy atom. The van der Waals surface area contributed by atoms with E-state index in [-0.39, 0.29) is 24.3 Å². The number of hydrogen-bond donors (Lipinski definition) is 0. The molecule has 1 aliphatic carbocycles. The maximum absolute atomic E-state index is 12.0. The van der Waals surface area contributed by atoms with Gasteiger partial charge in [-0.05, 0) is 19.3 Å². The van der Waals surface area contributed by atoms with Crippen LogP contribution in [0.3, 0.4) is 0 Å². The zero-order valence-electron chi connectivity index (χ0n) is 13.0. The Morgan fingerprint density at radius 2 is 1.75 bits per heavy atom. The van der Waals surface area contributed by atoms with Crippen LogP contribution < -0.4 is 0 Å². The molecule has 4 nitrogen and oxygen atoms in total. The number of hydrogen-bond acceptors (Lipinski definition) is 3. The quantitative estimate of drug-likeness (QED) is 0.482. The highest BCUT2D eigenvalue weighted by Gasteiger charge is 2.26. The van der Waals surface area contributed by atoms with Crippen molar-refractivity contribution in [3.63, 3.8) is 0 Å². The van der Waals surface area contributed by atoms with E-state index in [1.165, 1.54) is 24.2 Å². The number of nitrogens with zero attached hydrogens (tertiary/aromatic N) is 1. The SMILES string of the molecule is CCCCCCCOC(=O)CN(C)C(=O)C1CCCC1. The fraction of sp³-hybridized carbons (Fsp3) is 0.875. The second kappa shape index (κ2) is 9.78. The van der Waals surface area contributed by atoms with Crippen LogP contribution in [0.2, 0.25) is 0 Å². The summed E-state index contributed by atoms with van der Waals surface area (Å²) >= 11 is 0. The first-order valence-electron chi connectivity index (χ1n) is 8.05. The summed E-state index contributed by atoms with van der Waals surface area (Å²) < 4.78 is 5.17. The highest BCUT2D eigenvalue weighted by atomic mass is 16.5. The summed E-state index contributed by atoms with van der Waals surface area (Å²) in [5.41, 5.74) is 0. The molecule has 0 bridgehead atoms. The Kier molecular flexibility index (Phi) is 8.31. The molecule has 0 spiro atoms. The van der Waals surface area contributed by atoms with Crippen LogP contribution >= 0.6 is 0 Å². The van der Waals surface area contributed by atoms with Crippen LogP contribution in [0.4, 0.5) is 0 Å². The van der Waals surface area contributed by atoms with Crippen molar-refractivity contribution < 1.29 is 14.3 Å². The molecule has 1 rings (SSSR count). The maximum atomic E-state index is 12.0. The molecule has 1 aliphatic rings. The first-order chi connectivity index (χ1) is 9.65. The summed E-state index contributed by atoms with van der Waals surface area (Å²) in [5, 5.41) is 0. The van der Waals surface area contributed by atoms with E-state index in [0.29, 0.717) is 6.61 Å². The molecule has 0 atom stereocenters. The standard InChI is InChI=1S/C16H29NO3/c1-3-4-5-6-9-12-20-15(18)13-17(2)16(19)14-10-7-8-11-14/h14H,3-13H2,1-2H3. The van der Waals surface area contributed by atoms with Gasteiger partial charge in [-0.3, -0.25) is 9.59 Å². The molecule has 0 radical (unpaired) electrons. The molecule has 0 heterocycles. The molecule has 1 amide bonds. The minimum Gasteiger partial charge on any atom is -0.464 e. The Hall–Kier alpha value is -1.06.